The topological polar surface area (TPSA) is 61.5 Å². The quantitative estimate of drug-likeness (QED) is 0.557. The fourth-order valence-corrected chi connectivity index (χ4v) is 1.86. The van der Waals surface area contributed by atoms with E-state index >= 15 is 0 Å². The first-order valence-electron chi connectivity index (χ1n) is 7.27. The number of ether oxygens (including phenoxy) is 2. The van der Waals surface area contributed by atoms with Crippen molar-refractivity contribution in [3.8, 4) is 5.75 Å². The molecule has 0 radical (unpaired) electrons. The molecule has 0 aromatic heterocycles. The van der Waals surface area contributed by atoms with Crippen molar-refractivity contribution in [2.45, 2.75) is 45.6 Å². The Kier molecular flexibility index (Phi) is 7.73. The van der Waals surface area contributed by atoms with Crippen LogP contribution in [0.4, 0.5) is 0 Å². The second-order valence-corrected chi connectivity index (χ2v) is 4.83. The Morgan fingerprint density at radius 3 is 2.80 bits per heavy atom. The molecule has 0 spiro atoms. The highest BCUT2D eigenvalue weighted by atomic mass is 16.5. The molecule has 0 unspecified atom stereocenters. The Morgan fingerprint density at radius 1 is 1.30 bits per heavy atom. The lowest BCUT2D eigenvalue weighted by atomic mass is 10.1. The van der Waals surface area contributed by atoms with Crippen molar-refractivity contribution in [2.75, 3.05) is 13.2 Å². The number of esters is 1. The zero-order chi connectivity index (χ0) is 14.8. The average molecular weight is 279 g/mol. The lowest BCUT2D eigenvalue weighted by Gasteiger charge is -2.10. The average Bonchev–Trinajstić information content (AvgIpc) is 2.43. The fraction of sp³-hybridized carbons (Fsp3) is 0.562. The molecule has 0 saturated carbocycles. The molecule has 0 aliphatic rings. The highest BCUT2D eigenvalue weighted by Crippen LogP contribution is 2.17. The molecule has 0 fully saturated rings. The minimum absolute atomic E-state index is 0.0168. The molecule has 1 aromatic carbocycles. The van der Waals surface area contributed by atoms with Gasteiger partial charge in [-0.3, -0.25) is 4.79 Å². The minimum Gasteiger partial charge on any atom is -0.494 e. The third-order valence-electron chi connectivity index (χ3n) is 2.98. The predicted octanol–water partition coefficient (Wildman–Crippen LogP) is 3.21. The van der Waals surface area contributed by atoms with E-state index in [1.165, 1.54) is 0 Å². The standard InChI is InChI=1S/C16H25NO3/c1-3-19-16(18)10-5-4-6-11-20-15-9-7-8-14(12-15)13(2)17/h7-9,12-13H,3-6,10-11,17H2,1-2H3/t13-/m0/s1. The van der Waals surface area contributed by atoms with E-state index in [1.807, 2.05) is 38.1 Å². The largest absolute Gasteiger partial charge is 0.494 e. The van der Waals surface area contributed by atoms with E-state index in [1.54, 1.807) is 0 Å². The van der Waals surface area contributed by atoms with E-state index in [9.17, 15) is 4.79 Å². The van der Waals surface area contributed by atoms with Gasteiger partial charge >= 0.3 is 5.97 Å². The van der Waals surface area contributed by atoms with Gasteiger partial charge in [0.1, 0.15) is 5.75 Å². The number of hydrogen-bond donors (Lipinski definition) is 1. The van der Waals surface area contributed by atoms with Crippen LogP contribution in [0.3, 0.4) is 0 Å². The number of carbonyl (C=O) groups excluding carboxylic acids is 1. The molecule has 0 aliphatic heterocycles. The number of benzene rings is 1. The van der Waals surface area contributed by atoms with Crippen LogP contribution in [0.25, 0.3) is 0 Å². The van der Waals surface area contributed by atoms with Gasteiger partial charge in [0.05, 0.1) is 13.2 Å². The Labute approximate surface area is 121 Å². The van der Waals surface area contributed by atoms with Crippen molar-refractivity contribution in [3.63, 3.8) is 0 Å². The summed E-state index contributed by atoms with van der Waals surface area (Å²) in [5.41, 5.74) is 6.90. The first-order valence-corrected chi connectivity index (χ1v) is 7.27. The Bertz CT molecular complexity index is 404. The van der Waals surface area contributed by atoms with E-state index in [0.29, 0.717) is 19.6 Å². The van der Waals surface area contributed by atoms with Crippen molar-refractivity contribution in [2.24, 2.45) is 5.73 Å². The molecule has 0 saturated heterocycles. The van der Waals surface area contributed by atoms with Crippen molar-refractivity contribution in [1.29, 1.82) is 0 Å². The van der Waals surface area contributed by atoms with Crippen LogP contribution in [0, 0.1) is 0 Å². The zero-order valence-corrected chi connectivity index (χ0v) is 12.4. The summed E-state index contributed by atoms with van der Waals surface area (Å²) in [7, 11) is 0. The normalized spacial score (nSPS) is 11.9. The van der Waals surface area contributed by atoms with E-state index in [2.05, 4.69) is 0 Å². The van der Waals surface area contributed by atoms with Crippen LogP contribution in [-0.2, 0) is 9.53 Å². The van der Waals surface area contributed by atoms with Crippen molar-refractivity contribution in [1.82, 2.24) is 0 Å². The number of carbonyl (C=O) groups is 1. The molecule has 20 heavy (non-hydrogen) atoms. The van der Waals surface area contributed by atoms with E-state index < -0.39 is 0 Å². The Morgan fingerprint density at radius 2 is 2.10 bits per heavy atom. The van der Waals surface area contributed by atoms with Crippen LogP contribution in [0.1, 0.15) is 51.1 Å². The molecular formula is C16H25NO3. The Balaban J connectivity index is 2.15. The van der Waals surface area contributed by atoms with Crippen LogP contribution >= 0.6 is 0 Å². The molecule has 0 bridgehead atoms. The summed E-state index contributed by atoms with van der Waals surface area (Å²) in [6.45, 7) is 4.89. The van der Waals surface area contributed by atoms with Crippen molar-refractivity contribution >= 4 is 5.97 Å². The third kappa shape index (κ3) is 6.57. The highest BCUT2D eigenvalue weighted by molar-refractivity contribution is 5.69. The van der Waals surface area contributed by atoms with Gasteiger partial charge < -0.3 is 15.2 Å². The van der Waals surface area contributed by atoms with Gasteiger partial charge in [-0.15, -0.1) is 0 Å². The maximum absolute atomic E-state index is 11.1. The molecular weight excluding hydrogens is 254 g/mol. The summed E-state index contributed by atoms with van der Waals surface area (Å²) in [6.07, 6.45) is 3.24. The van der Waals surface area contributed by atoms with Gasteiger partial charge in [0, 0.05) is 12.5 Å². The summed E-state index contributed by atoms with van der Waals surface area (Å²) >= 11 is 0. The Hall–Kier alpha value is -1.55. The lowest BCUT2D eigenvalue weighted by Crippen LogP contribution is -2.06. The van der Waals surface area contributed by atoms with Gasteiger partial charge in [-0.2, -0.15) is 0 Å². The predicted molar refractivity (Wildman–Crippen MR) is 79.6 cm³/mol. The van der Waals surface area contributed by atoms with Crippen LogP contribution in [-0.4, -0.2) is 19.2 Å². The van der Waals surface area contributed by atoms with Gasteiger partial charge in [-0.1, -0.05) is 12.1 Å². The zero-order valence-electron chi connectivity index (χ0n) is 12.4. The molecule has 112 valence electrons. The molecule has 1 atom stereocenters. The van der Waals surface area contributed by atoms with Crippen molar-refractivity contribution in [3.05, 3.63) is 29.8 Å². The summed E-state index contributed by atoms with van der Waals surface area (Å²) in [5.74, 6) is 0.739. The lowest BCUT2D eigenvalue weighted by molar-refractivity contribution is -0.143. The van der Waals surface area contributed by atoms with Crippen LogP contribution in [0.2, 0.25) is 0 Å². The molecule has 4 heteroatoms. The molecule has 0 heterocycles. The summed E-state index contributed by atoms with van der Waals surface area (Å²) in [6, 6.07) is 7.88. The van der Waals surface area contributed by atoms with Gasteiger partial charge in [0.25, 0.3) is 0 Å². The molecule has 2 N–H and O–H groups in total. The van der Waals surface area contributed by atoms with Gasteiger partial charge in [0.2, 0.25) is 0 Å². The number of nitrogens with two attached hydrogens (primary N) is 1. The summed E-state index contributed by atoms with van der Waals surface area (Å²) in [4.78, 5) is 11.1. The first-order chi connectivity index (χ1) is 9.63. The summed E-state index contributed by atoms with van der Waals surface area (Å²) in [5, 5.41) is 0. The van der Waals surface area contributed by atoms with E-state index in [-0.39, 0.29) is 12.0 Å². The van der Waals surface area contributed by atoms with Gasteiger partial charge in [-0.05, 0) is 50.8 Å². The monoisotopic (exact) mass is 279 g/mol. The number of rotatable bonds is 9. The SMILES string of the molecule is CCOC(=O)CCCCCOc1cccc([C@H](C)N)c1. The molecule has 4 nitrogen and oxygen atoms in total. The number of hydrogen-bond acceptors (Lipinski definition) is 4. The molecule has 0 amide bonds. The minimum atomic E-state index is -0.113. The third-order valence-corrected chi connectivity index (χ3v) is 2.98. The molecule has 1 rings (SSSR count). The summed E-state index contributed by atoms with van der Waals surface area (Å²) < 4.78 is 10.6. The van der Waals surface area contributed by atoms with Crippen LogP contribution in [0.15, 0.2) is 24.3 Å². The smallest absolute Gasteiger partial charge is 0.305 e. The van der Waals surface area contributed by atoms with E-state index in [0.717, 1.165) is 30.6 Å². The fourth-order valence-electron chi connectivity index (χ4n) is 1.86. The van der Waals surface area contributed by atoms with E-state index in [4.69, 9.17) is 15.2 Å². The number of unbranched alkanes of at least 4 members (excludes halogenated alkanes) is 2. The van der Waals surface area contributed by atoms with Gasteiger partial charge in [0.15, 0.2) is 0 Å². The van der Waals surface area contributed by atoms with Gasteiger partial charge in [-0.25, -0.2) is 0 Å². The first kappa shape index (κ1) is 16.5. The maximum Gasteiger partial charge on any atom is 0.305 e. The van der Waals surface area contributed by atoms with Crippen molar-refractivity contribution < 1.29 is 14.3 Å². The highest BCUT2D eigenvalue weighted by Gasteiger charge is 2.02. The van der Waals surface area contributed by atoms with Crippen LogP contribution < -0.4 is 10.5 Å². The van der Waals surface area contributed by atoms with Crippen LogP contribution in [0.5, 0.6) is 5.75 Å². The molecule has 1 aromatic rings. The maximum atomic E-state index is 11.1. The second kappa shape index (κ2) is 9.37. The second-order valence-electron chi connectivity index (χ2n) is 4.83. The molecule has 0 aliphatic carbocycles.